The number of ether oxygens (including phenoxy) is 1. The van der Waals surface area contributed by atoms with Crippen LogP contribution in [0.3, 0.4) is 0 Å². The van der Waals surface area contributed by atoms with Gasteiger partial charge in [0.2, 0.25) is 10.0 Å². The van der Waals surface area contributed by atoms with Gasteiger partial charge < -0.3 is 9.64 Å². The summed E-state index contributed by atoms with van der Waals surface area (Å²) in [5, 5.41) is 4.21. The molecule has 1 aromatic heterocycles. The molecule has 0 unspecified atom stereocenters. The number of hydrogen-bond donors (Lipinski definition) is 0. The minimum Gasteiger partial charge on any atom is -0.379 e. The van der Waals surface area contributed by atoms with E-state index in [1.165, 1.54) is 0 Å². The molecule has 2 bridgehead atoms. The van der Waals surface area contributed by atoms with Gasteiger partial charge in [0.15, 0.2) is 0 Å². The van der Waals surface area contributed by atoms with Crippen LogP contribution in [0.5, 0.6) is 0 Å². The van der Waals surface area contributed by atoms with Gasteiger partial charge in [-0.1, -0.05) is 6.07 Å². The van der Waals surface area contributed by atoms with E-state index in [9.17, 15) is 8.42 Å². The predicted molar refractivity (Wildman–Crippen MR) is 97.8 cm³/mol. The Morgan fingerprint density at radius 1 is 1.19 bits per heavy atom. The smallest absolute Gasteiger partial charge is 0.243 e. The van der Waals surface area contributed by atoms with E-state index in [4.69, 9.17) is 4.74 Å². The van der Waals surface area contributed by atoms with Crippen molar-refractivity contribution in [1.82, 2.24) is 19.0 Å². The van der Waals surface area contributed by atoms with Crippen LogP contribution in [0.2, 0.25) is 0 Å². The molecular formula is C18H24N4O3S. The third-order valence-electron chi connectivity index (χ3n) is 5.13. The van der Waals surface area contributed by atoms with E-state index in [0.717, 1.165) is 17.8 Å². The van der Waals surface area contributed by atoms with Crippen molar-refractivity contribution < 1.29 is 13.2 Å². The first-order valence-electron chi connectivity index (χ1n) is 8.84. The van der Waals surface area contributed by atoms with Crippen molar-refractivity contribution in [1.29, 1.82) is 0 Å². The predicted octanol–water partition coefficient (Wildman–Crippen LogP) is 1.13. The van der Waals surface area contributed by atoms with E-state index in [1.54, 1.807) is 21.3 Å². The van der Waals surface area contributed by atoms with Crippen LogP contribution in [0.4, 0.5) is 0 Å². The maximum absolute atomic E-state index is 13.6. The standard InChI is InChI=1S/C18H24N4O3S/c1-14-4-5-16(21-7-3-6-19-21)8-18(14)26(23,24)22-10-15-9-20(2)11-17(22)13-25-12-15/h3-8,15,17H,9-13H2,1-2H3/t15-,17-/m0/s1. The molecular weight excluding hydrogens is 352 g/mol. The van der Waals surface area contributed by atoms with Crippen molar-refractivity contribution in [2.24, 2.45) is 5.92 Å². The van der Waals surface area contributed by atoms with Gasteiger partial charge >= 0.3 is 0 Å². The van der Waals surface area contributed by atoms with Gasteiger partial charge in [-0.2, -0.15) is 9.40 Å². The first-order valence-corrected chi connectivity index (χ1v) is 10.3. The quantitative estimate of drug-likeness (QED) is 0.803. The minimum absolute atomic E-state index is 0.162. The molecule has 0 amide bonds. The Hall–Kier alpha value is -1.74. The van der Waals surface area contributed by atoms with Gasteiger partial charge in [-0.25, -0.2) is 13.1 Å². The number of fused-ring (bicyclic) bond motifs is 3. The van der Waals surface area contributed by atoms with Gasteiger partial charge in [-0.3, -0.25) is 0 Å². The maximum Gasteiger partial charge on any atom is 0.243 e. The van der Waals surface area contributed by atoms with Crippen molar-refractivity contribution in [3.63, 3.8) is 0 Å². The molecule has 0 saturated carbocycles. The van der Waals surface area contributed by atoms with Crippen LogP contribution < -0.4 is 0 Å². The van der Waals surface area contributed by atoms with Gasteiger partial charge in [0.25, 0.3) is 0 Å². The lowest BCUT2D eigenvalue weighted by atomic mass is 10.1. The molecule has 0 radical (unpaired) electrons. The molecule has 4 rings (SSSR count). The van der Waals surface area contributed by atoms with Crippen LogP contribution in [0, 0.1) is 12.8 Å². The summed E-state index contributed by atoms with van der Waals surface area (Å²) in [5.41, 5.74) is 1.49. The van der Waals surface area contributed by atoms with Crippen molar-refractivity contribution in [3.05, 3.63) is 42.2 Å². The van der Waals surface area contributed by atoms with Crippen molar-refractivity contribution >= 4 is 10.0 Å². The number of aryl methyl sites for hydroxylation is 1. The summed E-state index contributed by atoms with van der Waals surface area (Å²) in [4.78, 5) is 2.56. The highest BCUT2D eigenvalue weighted by molar-refractivity contribution is 7.89. The maximum atomic E-state index is 13.6. The molecule has 140 valence electrons. The van der Waals surface area contributed by atoms with E-state index in [-0.39, 0.29) is 12.0 Å². The number of nitrogens with zero attached hydrogens (tertiary/aromatic N) is 4. The van der Waals surface area contributed by atoms with Crippen LogP contribution in [0.1, 0.15) is 5.56 Å². The zero-order valence-electron chi connectivity index (χ0n) is 15.1. The average Bonchev–Trinajstić information content (AvgIpc) is 2.98. The molecule has 2 fully saturated rings. The second kappa shape index (κ2) is 6.77. The number of rotatable bonds is 3. The first-order chi connectivity index (χ1) is 12.4. The highest BCUT2D eigenvalue weighted by atomic mass is 32.2. The molecule has 26 heavy (non-hydrogen) atoms. The Kier molecular flexibility index (Phi) is 4.60. The fraction of sp³-hybridized carbons (Fsp3) is 0.500. The fourth-order valence-electron chi connectivity index (χ4n) is 3.89. The van der Waals surface area contributed by atoms with E-state index < -0.39 is 10.0 Å². The summed E-state index contributed by atoms with van der Waals surface area (Å²) in [6.07, 6.45) is 3.49. The Bertz CT molecular complexity index is 882. The van der Waals surface area contributed by atoms with Crippen LogP contribution >= 0.6 is 0 Å². The number of hydrogen-bond acceptors (Lipinski definition) is 5. The molecule has 0 spiro atoms. The van der Waals surface area contributed by atoms with Crippen molar-refractivity contribution in [2.75, 3.05) is 39.9 Å². The molecule has 8 heteroatoms. The zero-order valence-corrected chi connectivity index (χ0v) is 15.9. The van der Waals surface area contributed by atoms with Gasteiger partial charge in [0, 0.05) is 37.9 Å². The van der Waals surface area contributed by atoms with Crippen LogP contribution in [-0.4, -0.2) is 73.3 Å². The zero-order chi connectivity index (χ0) is 18.3. The summed E-state index contributed by atoms with van der Waals surface area (Å²) in [6, 6.07) is 7.11. The summed E-state index contributed by atoms with van der Waals surface area (Å²) in [7, 11) is -1.58. The monoisotopic (exact) mass is 376 g/mol. The molecule has 7 nitrogen and oxygen atoms in total. The second-order valence-electron chi connectivity index (χ2n) is 7.25. The van der Waals surface area contributed by atoms with Crippen LogP contribution in [0.15, 0.2) is 41.6 Å². The molecule has 2 aliphatic rings. The summed E-state index contributed by atoms with van der Waals surface area (Å²) < 4.78 is 36.2. The summed E-state index contributed by atoms with van der Waals surface area (Å²) >= 11 is 0. The molecule has 1 aromatic carbocycles. The van der Waals surface area contributed by atoms with E-state index in [1.807, 2.05) is 38.4 Å². The molecule has 2 saturated heterocycles. The van der Waals surface area contributed by atoms with Crippen molar-refractivity contribution in [3.8, 4) is 5.69 Å². The lowest BCUT2D eigenvalue weighted by molar-refractivity contribution is 0.0659. The third kappa shape index (κ3) is 3.18. The highest BCUT2D eigenvalue weighted by Gasteiger charge is 2.39. The van der Waals surface area contributed by atoms with Gasteiger partial charge in [0.1, 0.15) is 0 Å². The van der Waals surface area contributed by atoms with E-state index >= 15 is 0 Å². The van der Waals surface area contributed by atoms with Gasteiger partial charge in [-0.05, 0) is 37.7 Å². The molecule has 2 aliphatic heterocycles. The SMILES string of the molecule is Cc1ccc(-n2cccn2)cc1S(=O)(=O)N1C[C@H]2COC[C@@H]1CN(C)C2. The molecule has 2 atom stereocenters. The van der Waals surface area contributed by atoms with Gasteiger partial charge in [0.05, 0.1) is 29.8 Å². The van der Waals surface area contributed by atoms with Crippen LogP contribution in [0.25, 0.3) is 5.69 Å². The minimum atomic E-state index is -3.62. The van der Waals surface area contributed by atoms with Crippen LogP contribution in [-0.2, 0) is 14.8 Å². The molecule has 0 N–H and O–H groups in total. The van der Waals surface area contributed by atoms with E-state index in [0.29, 0.717) is 31.2 Å². The Morgan fingerprint density at radius 3 is 2.81 bits per heavy atom. The van der Waals surface area contributed by atoms with Gasteiger partial charge in [-0.15, -0.1) is 0 Å². The lowest BCUT2D eigenvalue weighted by Crippen LogP contribution is -2.46. The van der Waals surface area contributed by atoms with Crippen molar-refractivity contribution in [2.45, 2.75) is 17.9 Å². The van der Waals surface area contributed by atoms with E-state index in [2.05, 4.69) is 10.00 Å². The summed E-state index contributed by atoms with van der Waals surface area (Å²) in [6.45, 7) is 4.94. The average molecular weight is 376 g/mol. The number of likely N-dealkylation sites (N-methyl/N-ethyl adjacent to an activating group) is 1. The topological polar surface area (TPSA) is 67.7 Å². The molecule has 2 aromatic rings. The third-order valence-corrected chi connectivity index (χ3v) is 7.19. The molecule has 0 aliphatic carbocycles. The fourth-order valence-corrected chi connectivity index (χ4v) is 5.82. The Morgan fingerprint density at radius 2 is 2.04 bits per heavy atom. The Labute approximate surface area is 154 Å². The number of aromatic nitrogens is 2. The first kappa shape index (κ1) is 17.7. The Balaban J connectivity index is 1.75. The second-order valence-corrected chi connectivity index (χ2v) is 9.11. The number of benzene rings is 1. The molecule has 3 heterocycles. The number of sulfonamides is 1. The lowest BCUT2D eigenvalue weighted by Gasteiger charge is -2.29. The largest absolute Gasteiger partial charge is 0.379 e. The summed E-state index contributed by atoms with van der Waals surface area (Å²) in [5.74, 6) is 0.192. The normalized spacial score (nSPS) is 25.2. The highest BCUT2D eigenvalue weighted by Crippen LogP contribution is 2.28.